The Morgan fingerprint density at radius 3 is 2.86 bits per heavy atom. The molecule has 0 saturated heterocycles. The van der Waals surface area contributed by atoms with Crippen LogP contribution in [0.15, 0.2) is 18.0 Å². The molecule has 1 aliphatic rings. The largest absolute Gasteiger partial charge is 0.451 e. The van der Waals surface area contributed by atoms with Gasteiger partial charge < -0.3 is 21.1 Å². The highest BCUT2D eigenvalue weighted by atomic mass is 32.1. The number of anilines is 2. The van der Waals surface area contributed by atoms with Crippen LogP contribution in [0.2, 0.25) is 0 Å². The molecule has 0 aromatic carbocycles. The number of aryl methyl sites for hydroxylation is 1. The fourth-order valence-corrected chi connectivity index (χ4v) is 4.89. The Bertz CT molecular complexity index is 919. The number of thiazole rings is 1. The minimum atomic E-state index is -0.696. The number of rotatable bonds is 8. The van der Waals surface area contributed by atoms with E-state index in [4.69, 9.17) is 10.5 Å². The molecule has 2 aromatic heterocycles. The third-order valence-electron chi connectivity index (χ3n) is 4.12. The van der Waals surface area contributed by atoms with Crippen LogP contribution in [0.3, 0.4) is 0 Å². The summed E-state index contributed by atoms with van der Waals surface area (Å²) in [5.74, 6) is -1.79. The summed E-state index contributed by atoms with van der Waals surface area (Å²) >= 11 is 2.61. The lowest BCUT2D eigenvalue weighted by Gasteiger charge is -2.11. The van der Waals surface area contributed by atoms with Crippen LogP contribution < -0.4 is 16.4 Å². The Hall–Kier alpha value is -2.72. The van der Waals surface area contributed by atoms with Gasteiger partial charge in [0.05, 0.1) is 5.56 Å². The minimum absolute atomic E-state index is 0.119. The molecule has 4 N–H and O–H groups in total. The van der Waals surface area contributed by atoms with Crippen molar-refractivity contribution in [3.8, 4) is 0 Å². The molecule has 0 bridgehead atoms. The van der Waals surface area contributed by atoms with Crippen molar-refractivity contribution < 1.29 is 19.1 Å². The summed E-state index contributed by atoms with van der Waals surface area (Å²) in [7, 11) is 0. The first kappa shape index (κ1) is 20.0. The van der Waals surface area contributed by atoms with E-state index in [9.17, 15) is 14.4 Å². The number of nitrogens with two attached hydrogens (primary N) is 1. The van der Waals surface area contributed by atoms with Gasteiger partial charge in [0.1, 0.15) is 5.00 Å². The van der Waals surface area contributed by atoms with E-state index in [0.29, 0.717) is 22.2 Å². The van der Waals surface area contributed by atoms with Crippen molar-refractivity contribution in [1.29, 1.82) is 0 Å². The topological polar surface area (TPSA) is 123 Å². The van der Waals surface area contributed by atoms with Crippen LogP contribution in [-0.4, -0.2) is 35.9 Å². The molecule has 148 valence electrons. The summed E-state index contributed by atoms with van der Waals surface area (Å²) < 4.78 is 5.02. The lowest BCUT2D eigenvalue weighted by molar-refractivity contribution is -0.119. The molecule has 0 aliphatic heterocycles. The molecule has 28 heavy (non-hydrogen) atoms. The molecule has 8 nitrogen and oxygen atoms in total. The second kappa shape index (κ2) is 8.98. The lowest BCUT2D eigenvalue weighted by atomic mass is 9.95. The average molecular weight is 421 g/mol. The fraction of sp³-hybridized carbons (Fsp3) is 0.333. The zero-order valence-corrected chi connectivity index (χ0v) is 16.7. The highest BCUT2D eigenvalue weighted by Crippen LogP contribution is 2.37. The fourth-order valence-electron chi connectivity index (χ4n) is 2.89. The van der Waals surface area contributed by atoms with Crippen LogP contribution in [0.5, 0.6) is 0 Å². The molecule has 0 saturated carbocycles. The number of hydrogen-bond acceptors (Lipinski definition) is 8. The highest BCUT2D eigenvalue weighted by Gasteiger charge is 2.25. The van der Waals surface area contributed by atoms with Gasteiger partial charge in [-0.05, 0) is 31.2 Å². The van der Waals surface area contributed by atoms with Crippen molar-refractivity contribution in [1.82, 2.24) is 4.98 Å². The van der Waals surface area contributed by atoms with Crippen LogP contribution in [0.4, 0.5) is 10.1 Å². The number of carbonyl (C=O) groups is 3. The van der Waals surface area contributed by atoms with Crippen molar-refractivity contribution in [3.63, 3.8) is 0 Å². The third kappa shape index (κ3) is 4.57. The Balaban J connectivity index is 1.59. The summed E-state index contributed by atoms with van der Waals surface area (Å²) in [4.78, 5) is 41.3. The van der Waals surface area contributed by atoms with Gasteiger partial charge in [0.2, 0.25) is 0 Å². The van der Waals surface area contributed by atoms with E-state index in [1.807, 2.05) is 0 Å². The van der Waals surface area contributed by atoms with Crippen LogP contribution in [0.1, 0.15) is 44.1 Å². The highest BCUT2D eigenvalue weighted by molar-refractivity contribution is 7.17. The first-order valence-electron chi connectivity index (χ1n) is 8.71. The number of hydrogen-bond donors (Lipinski definition) is 3. The molecule has 0 fully saturated rings. The second-order valence-electron chi connectivity index (χ2n) is 6.11. The number of amides is 2. The molecular formula is C18H20N4O4S2. The van der Waals surface area contributed by atoms with E-state index in [0.717, 1.165) is 36.1 Å². The number of esters is 1. The summed E-state index contributed by atoms with van der Waals surface area (Å²) in [5, 5.41) is 8.15. The van der Waals surface area contributed by atoms with E-state index in [2.05, 4.69) is 22.2 Å². The number of ether oxygens (including phenoxy) is 1. The molecule has 0 atom stereocenters. The van der Waals surface area contributed by atoms with Crippen molar-refractivity contribution in [2.75, 3.05) is 23.8 Å². The maximum absolute atomic E-state index is 12.2. The predicted octanol–water partition coefficient (Wildman–Crippen LogP) is 2.58. The van der Waals surface area contributed by atoms with Crippen molar-refractivity contribution in [2.45, 2.75) is 25.7 Å². The maximum Gasteiger partial charge on any atom is 0.358 e. The Kier molecular flexibility index (Phi) is 6.42. The predicted molar refractivity (Wildman–Crippen MR) is 109 cm³/mol. The molecule has 2 heterocycles. The summed E-state index contributed by atoms with van der Waals surface area (Å²) in [6.45, 7) is 3.63. The monoisotopic (exact) mass is 420 g/mol. The molecule has 10 heteroatoms. The molecule has 3 rings (SSSR count). The molecule has 0 unspecified atom stereocenters. The van der Waals surface area contributed by atoms with E-state index in [-0.39, 0.29) is 5.69 Å². The quantitative estimate of drug-likeness (QED) is 0.445. The number of carbonyl (C=O) groups excluding carboxylic acids is 3. The van der Waals surface area contributed by atoms with Gasteiger partial charge in [0.15, 0.2) is 17.4 Å². The Morgan fingerprint density at radius 1 is 1.32 bits per heavy atom. The molecule has 2 amide bonds. The third-order valence-corrected chi connectivity index (χ3v) is 6.12. The van der Waals surface area contributed by atoms with Crippen molar-refractivity contribution >= 4 is 50.6 Å². The summed E-state index contributed by atoms with van der Waals surface area (Å²) in [6, 6.07) is 0. The van der Waals surface area contributed by atoms with Gasteiger partial charge >= 0.3 is 5.97 Å². The van der Waals surface area contributed by atoms with E-state index in [1.165, 1.54) is 22.7 Å². The first-order chi connectivity index (χ1) is 13.5. The Morgan fingerprint density at radius 2 is 2.11 bits per heavy atom. The second-order valence-corrected chi connectivity index (χ2v) is 8.07. The zero-order chi connectivity index (χ0) is 20.1. The van der Waals surface area contributed by atoms with Gasteiger partial charge in [0, 0.05) is 16.8 Å². The lowest BCUT2D eigenvalue weighted by Crippen LogP contribution is -2.23. The molecule has 0 radical (unpaired) electrons. The number of aromatic nitrogens is 1. The first-order valence-corrected chi connectivity index (χ1v) is 10.4. The molecule has 2 aromatic rings. The summed E-state index contributed by atoms with van der Waals surface area (Å²) in [5.41, 5.74) is 6.93. The van der Waals surface area contributed by atoms with E-state index < -0.39 is 24.4 Å². The smallest absolute Gasteiger partial charge is 0.358 e. The van der Waals surface area contributed by atoms with Crippen LogP contribution in [-0.2, 0) is 22.4 Å². The van der Waals surface area contributed by atoms with Gasteiger partial charge in [-0.15, -0.1) is 29.3 Å². The van der Waals surface area contributed by atoms with Gasteiger partial charge in [-0.1, -0.05) is 6.08 Å². The zero-order valence-electron chi connectivity index (χ0n) is 15.1. The molecule has 1 aliphatic carbocycles. The normalized spacial score (nSPS) is 12.7. The van der Waals surface area contributed by atoms with Gasteiger partial charge in [-0.2, -0.15) is 0 Å². The average Bonchev–Trinajstić information content (AvgIpc) is 3.28. The number of thiophene rings is 1. The van der Waals surface area contributed by atoms with Crippen LogP contribution >= 0.6 is 22.7 Å². The summed E-state index contributed by atoms with van der Waals surface area (Å²) in [6.07, 6.45) is 5.37. The maximum atomic E-state index is 12.2. The van der Waals surface area contributed by atoms with Crippen LogP contribution in [0.25, 0.3) is 0 Å². The number of nitrogens with one attached hydrogen (secondary N) is 2. The van der Waals surface area contributed by atoms with Crippen LogP contribution in [0, 0.1) is 0 Å². The number of nitrogens with zero attached hydrogens (tertiary/aromatic N) is 1. The molecular weight excluding hydrogens is 400 g/mol. The number of primary amides is 1. The molecule has 0 spiro atoms. The van der Waals surface area contributed by atoms with Crippen molar-refractivity contribution in [2.24, 2.45) is 5.73 Å². The van der Waals surface area contributed by atoms with E-state index in [1.54, 1.807) is 11.5 Å². The Labute approximate surface area is 169 Å². The van der Waals surface area contributed by atoms with Gasteiger partial charge in [-0.25, -0.2) is 9.78 Å². The van der Waals surface area contributed by atoms with Crippen molar-refractivity contribution in [3.05, 3.63) is 39.7 Å². The van der Waals surface area contributed by atoms with E-state index >= 15 is 0 Å². The SMILES string of the molecule is C=CCNc1nc(C(=O)OCC(=O)Nc2sc3c(c2C(N)=O)CCCC3)cs1. The number of fused-ring (bicyclic) bond motifs is 1. The van der Waals surface area contributed by atoms with Gasteiger partial charge in [-0.3, -0.25) is 9.59 Å². The minimum Gasteiger partial charge on any atom is -0.451 e. The van der Waals surface area contributed by atoms with Gasteiger partial charge in [0.25, 0.3) is 11.8 Å². The standard InChI is InChI=1S/C18H20N4O4S2/c1-2-7-20-18-21-11(9-27-18)17(25)26-8-13(23)22-16-14(15(19)24)10-5-3-4-6-12(10)28-16/h2,9H,1,3-8H2,(H2,19,24)(H,20,21)(H,22,23).